The van der Waals surface area contributed by atoms with E-state index in [1.807, 2.05) is 0 Å². The number of pyridine rings is 2. The van der Waals surface area contributed by atoms with Crippen LogP contribution in [0.3, 0.4) is 0 Å². The Morgan fingerprint density at radius 1 is 1.21 bits per heavy atom. The molecule has 0 spiro atoms. The lowest BCUT2D eigenvalue weighted by atomic mass is 10.1. The lowest BCUT2D eigenvalue weighted by Crippen LogP contribution is -2.19. The van der Waals surface area contributed by atoms with Crippen LogP contribution >= 0.6 is 11.6 Å². The molecule has 0 saturated carbocycles. The highest BCUT2D eigenvalue weighted by Gasteiger charge is 2.22. The largest absolute Gasteiger partial charge is 0.477 e. The number of amides is 1. The summed E-state index contributed by atoms with van der Waals surface area (Å²) in [7, 11) is 0. The molecular weight excluding hydrogens is 449 g/mol. The van der Waals surface area contributed by atoms with E-state index in [0.29, 0.717) is 47.6 Å². The predicted octanol–water partition coefficient (Wildman–Crippen LogP) is 2.94. The second kappa shape index (κ2) is 8.67. The van der Waals surface area contributed by atoms with Gasteiger partial charge in [0.1, 0.15) is 5.82 Å². The summed E-state index contributed by atoms with van der Waals surface area (Å²) in [6.45, 7) is 1.09. The third kappa shape index (κ3) is 4.19. The molecule has 1 saturated heterocycles. The van der Waals surface area contributed by atoms with Crippen LogP contribution < -0.4 is 15.6 Å². The summed E-state index contributed by atoms with van der Waals surface area (Å²) >= 11 is 6.34. The van der Waals surface area contributed by atoms with Crippen molar-refractivity contribution in [2.24, 2.45) is 5.92 Å². The lowest BCUT2D eigenvalue weighted by Gasteiger charge is -2.13. The van der Waals surface area contributed by atoms with E-state index in [1.165, 1.54) is 23.0 Å². The SMILES string of the molecule is O=C1C[C@@H](COc2cc(-n3ccc4c(cnn4Cc4ccccc4F)c3=O)c(Cl)cn2)CN1. The van der Waals surface area contributed by atoms with Crippen LogP contribution in [-0.4, -0.2) is 38.4 Å². The molecule has 0 aliphatic carbocycles. The van der Waals surface area contributed by atoms with Gasteiger partial charge in [0.25, 0.3) is 5.56 Å². The van der Waals surface area contributed by atoms with E-state index in [0.717, 1.165) is 0 Å². The molecule has 5 rings (SSSR count). The fraction of sp³-hybridized carbons (Fsp3) is 0.217. The van der Waals surface area contributed by atoms with Crippen LogP contribution in [-0.2, 0) is 11.3 Å². The van der Waals surface area contributed by atoms with Gasteiger partial charge in [0.05, 0.1) is 47.2 Å². The highest BCUT2D eigenvalue weighted by atomic mass is 35.5. The Kier molecular flexibility index (Phi) is 5.55. The summed E-state index contributed by atoms with van der Waals surface area (Å²) in [5, 5.41) is 7.70. The van der Waals surface area contributed by atoms with Crippen molar-refractivity contribution in [1.29, 1.82) is 0 Å². The van der Waals surface area contributed by atoms with Crippen molar-refractivity contribution in [3.05, 3.63) is 81.7 Å². The number of carbonyl (C=O) groups excluding carboxylic acids is 1. The predicted molar refractivity (Wildman–Crippen MR) is 120 cm³/mol. The Hall–Kier alpha value is -3.72. The number of ether oxygens (including phenoxy) is 1. The third-order valence-electron chi connectivity index (χ3n) is 5.59. The molecule has 1 fully saturated rings. The maximum atomic E-state index is 14.0. The smallest absolute Gasteiger partial charge is 0.266 e. The molecule has 4 heterocycles. The van der Waals surface area contributed by atoms with Crippen molar-refractivity contribution in [2.75, 3.05) is 13.2 Å². The number of rotatable bonds is 6. The summed E-state index contributed by atoms with van der Waals surface area (Å²) in [6.07, 6.45) is 4.89. The van der Waals surface area contributed by atoms with Crippen molar-refractivity contribution >= 4 is 28.4 Å². The maximum Gasteiger partial charge on any atom is 0.266 e. The fourth-order valence-corrected chi connectivity index (χ4v) is 4.04. The number of fused-ring (bicyclic) bond motifs is 1. The summed E-state index contributed by atoms with van der Waals surface area (Å²) in [5.74, 6) is 0.0425. The van der Waals surface area contributed by atoms with E-state index in [2.05, 4.69) is 15.4 Å². The Bertz CT molecular complexity index is 1420. The molecule has 33 heavy (non-hydrogen) atoms. The minimum absolute atomic E-state index is 0.00348. The monoisotopic (exact) mass is 467 g/mol. The van der Waals surface area contributed by atoms with Gasteiger partial charge < -0.3 is 10.1 Å². The van der Waals surface area contributed by atoms with Gasteiger partial charge in [-0.3, -0.25) is 18.8 Å². The second-order valence-electron chi connectivity index (χ2n) is 7.84. The Labute approximate surface area is 192 Å². The topological polar surface area (TPSA) is 91.0 Å². The van der Waals surface area contributed by atoms with Gasteiger partial charge in [-0.2, -0.15) is 5.10 Å². The second-order valence-corrected chi connectivity index (χ2v) is 8.25. The van der Waals surface area contributed by atoms with Gasteiger partial charge in [-0.15, -0.1) is 0 Å². The van der Waals surface area contributed by atoms with E-state index in [-0.39, 0.29) is 34.8 Å². The molecule has 10 heteroatoms. The minimum Gasteiger partial charge on any atom is -0.477 e. The summed E-state index contributed by atoms with van der Waals surface area (Å²) in [4.78, 5) is 28.7. The molecule has 0 unspecified atom stereocenters. The molecule has 1 aliphatic rings. The summed E-state index contributed by atoms with van der Waals surface area (Å²) < 4.78 is 22.8. The first kappa shape index (κ1) is 21.1. The highest BCUT2D eigenvalue weighted by Crippen LogP contribution is 2.24. The maximum absolute atomic E-state index is 14.0. The summed E-state index contributed by atoms with van der Waals surface area (Å²) in [6, 6.07) is 9.77. The normalized spacial score (nSPS) is 15.7. The molecule has 1 aromatic carbocycles. The Morgan fingerprint density at radius 3 is 2.85 bits per heavy atom. The van der Waals surface area contributed by atoms with Crippen LogP contribution in [0.1, 0.15) is 12.0 Å². The van der Waals surface area contributed by atoms with Gasteiger partial charge in [0.15, 0.2) is 0 Å². The first-order valence-corrected chi connectivity index (χ1v) is 10.7. The molecule has 3 aromatic heterocycles. The zero-order valence-corrected chi connectivity index (χ0v) is 18.1. The van der Waals surface area contributed by atoms with Crippen molar-refractivity contribution in [3.63, 3.8) is 0 Å². The zero-order chi connectivity index (χ0) is 22.9. The van der Waals surface area contributed by atoms with Gasteiger partial charge in [0, 0.05) is 36.7 Å². The van der Waals surface area contributed by atoms with E-state index >= 15 is 0 Å². The van der Waals surface area contributed by atoms with Gasteiger partial charge in [0.2, 0.25) is 11.8 Å². The molecule has 0 bridgehead atoms. The number of hydrogen-bond donors (Lipinski definition) is 1. The number of nitrogens with zero attached hydrogens (tertiary/aromatic N) is 4. The average Bonchev–Trinajstić information content (AvgIpc) is 3.42. The van der Waals surface area contributed by atoms with Crippen LogP contribution in [0.15, 0.2) is 59.8 Å². The third-order valence-corrected chi connectivity index (χ3v) is 5.88. The number of nitrogens with one attached hydrogen (secondary N) is 1. The standard InChI is InChI=1S/C23H19ClFN5O3/c24-17-11-27-22(33-13-14-7-21(31)26-9-14)8-20(17)29-6-5-19-16(23(29)32)10-28-30(19)12-15-3-1-2-4-18(15)25/h1-6,8,10-11,14H,7,9,12-13H2,(H,26,31)/t14-/m1/s1. The number of halogens is 2. The molecule has 1 amide bonds. The molecule has 168 valence electrons. The first-order chi connectivity index (χ1) is 16.0. The molecule has 8 nitrogen and oxygen atoms in total. The minimum atomic E-state index is -0.330. The zero-order valence-electron chi connectivity index (χ0n) is 17.4. The van der Waals surface area contributed by atoms with Gasteiger partial charge in [-0.25, -0.2) is 9.37 Å². The molecule has 0 radical (unpaired) electrons. The van der Waals surface area contributed by atoms with Crippen LogP contribution in [0.25, 0.3) is 16.6 Å². The van der Waals surface area contributed by atoms with Gasteiger partial charge >= 0.3 is 0 Å². The summed E-state index contributed by atoms with van der Waals surface area (Å²) in [5.41, 5.74) is 1.15. The average molecular weight is 468 g/mol. The fourth-order valence-electron chi connectivity index (χ4n) is 3.84. The molecule has 1 aliphatic heterocycles. The quantitative estimate of drug-likeness (QED) is 0.471. The highest BCUT2D eigenvalue weighted by molar-refractivity contribution is 6.32. The van der Waals surface area contributed by atoms with E-state index in [9.17, 15) is 14.0 Å². The van der Waals surface area contributed by atoms with Crippen LogP contribution in [0, 0.1) is 11.7 Å². The Morgan fingerprint density at radius 2 is 2.06 bits per heavy atom. The van der Waals surface area contributed by atoms with Crippen molar-refractivity contribution < 1.29 is 13.9 Å². The van der Waals surface area contributed by atoms with Crippen LogP contribution in [0.2, 0.25) is 5.02 Å². The lowest BCUT2D eigenvalue weighted by molar-refractivity contribution is -0.119. The molecule has 1 N–H and O–H groups in total. The van der Waals surface area contributed by atoms with E-state index in [4.69, 9.17) is 16.3 Å². The van der Waals surface area contributed by atoms with E-state index in [1.54, 1.807) is 41.2 Å². The van der Waals surface area contributed by atoms with Crippen molar-refractivity contribution in [3.8, 4) is 11.6 Å². The number of benzene rings is 1. The van der Waals surface area contributed by atoms with Crippen molar-refractivity contribution in [2.45, 2.75) is 13.0 Å². The van der Waals surface area contributed by atoms with Gasteiger partial charge in [-0.05, 0) is 12.1 Å². The van der Waals surface area contributed by atoms with Gasteiger partial charge in [-0.1, -0.05) is 29.8 Å². The molecular formula is C23H19ClFN5O3. The molecule has 1 atom stereocenters. The molecule has 4 aromatic rings. The Balaban J connectivity index is 1.44. The van der Waals surface area contributed by atoms with E-state index < -0.39 is 0 Å². The first-order valence-electron chi connectivity index (χ1n) is 10.4. The number of aromatic nitrogens is 4. The van der Waals surface area contributed by atoms with Crippen LogP contribution in [0.5, 0.6) is 5.88 Å². The van der Waals surface area contributed by atoms with Crippen molar-refractivity contribution in [1.82, 2.24) is 24.6 Å². The van der Waals surface area contributed by atoms with Crippen LogP contribution in [0.4, 0.5) is 4.39 Å². The number of hydrogen-bond acceptors (Lipinski definition) is 5. The number of carbonyl (C=O) groups is 1.